The Morgan fingerprint density at radius 3 is 2.66 bits per heavy atom. The molecule has 0 spiro atoms. The molecule has 1 amide bonds. The SMILES string of the molecule is CC1CCN(c2ccc(C(=O)Nc3cnn(Cc4cccc(F)c4)c3)cc2)CC1. The zero-order valence-electron chi connectivity index (χ0n) is 16.5. The van der Waals surface area contributed by atoms with Crippen molar-refractivity contribution >= 4 is 17.3 Å². The number of nitrogens with zero attached hydrogens (tertiary/aromatic N) is 3. The molecule has 0 saturated carbocycles. The van der Waals surface area contributed by atoms with E-state index in [-0.39, 0.29) is 11.7 Å². The molecule has 3 aromatic rings. The number of benzene rings is 2. The minimum Gasteiger partial charge on any atom is -0.372 e. The van der Waals surface area contributed by atoms with Gasteiger partial charge in [-0.3, -0.25) is 9.48 Å². The fraction of sp³-hybridized carbons (Fsp3) is 0.304. The van der Waals surface area contributed by atoms with Crippen molar-refractivity contribution in [3.8, 4) is 0 Å². The van der Waals surface area contributed by atoms with Crippen molar-refractivity contribution in [2.45, 2.75) is 26.3 Å². The number of carbonyl (C=O) groups excluding carboxylic acids is 1. The summed E-state index contributed by atoms with van der Waals surface area (Å²) in [7, 11) is 0. The van der Waals surface area contributed by atoms with E-state index in [1.165, 1.54) is 25.0 Å². The van der Waals surface area contributed by atoms with E-state index >= 15 is 0 Å². The first-order chi connectivity index (χ1) is 14.1. The van der Waals surface area contributed by atoms with Crippen molar-refractivity contribution in [1.29, 1.82) is 0 Å². The Morgan fingerprint density at radius 1 is 1.17 bits per heavy atom. The lowest BCUT2D eigenvalue weighted by atomic mass is 9.98. The first kappa shape index (κ1) is 19.2. The van der Waals surface area contributed by atoms with Gasteiger partial charge in [0.15, 0.2) is 0 Å². The zero-order chi connectivity index (χ0) is 20.2. The standard InChI is InChI=1S/C23H25FN4O/c1-17-9-11-27(12-10-17)22-7-5-19(6-8-22)23(29)26-21-14-25-28(16-21)15-18-3-2-4-20(24)13-18/h2-8,13-14,16-17H,9-12,15H2,1H3,(H,26,29). The molecule has 0 aliphatic carbocycles. The fourth-order valence-corrected chi connectivity index (χ4v) is 3.63. The molecule has 0 atom stereocenters. The van der Waals surface area contributed by atoms with E-state index in [0.717, 1.165) is 30.3 Å². The van der Waals surface area contributed by atoms with Crippen LogP contribution in [-0.4, -0.2) is 28.8 Å². The third-order valence-corrected chi connectivity index (χ3v) is 5.40. The average molecular weight is 392 g/mol. The van der Waals surface area contributed by atoms with Crippen LogP contribution in [0.2, 0.25) is 0 Å². The van der Waals surface area contributed by atoms with Gasteiger partial charge in [0.05, 0.1) is 18.4 Å². The maximum absolute atomic E-state index is 13.3. The normalized spacial score (nSPS) is 14.8. The molecule has 1 aromatic heterocycles. The summed E-state index contributed by atoms with van der Waals surface area (Å²) in [6.07, 6.45) is 5.76. The van der Waals surface area contributed by atoms with E-state index in [0.29, 0.717) is 17.8 Å². The van der Waals surface area contributed by atoms with Crippen LogP contribution in [0.15, 0.2) is 60.9 Å². The Kier molecular flexibility index (Phi) is 5.60. The van der Waals surface area contributed by atoms with Gasteiger partial charge in [0.25, 0.3) is 5.91 Å². The molecule has 6 heteroatoms. The van der Waals surface area contributed by atoms with Crippen LogP contribution in [0.25, 0.3) is 0 Å². The number of amides is 1. The second kappa shape index (κ2) is 8.47. The minimum atomic E-state index is -0.273. The summed E-state index contributed by atoms with van der Waals surface area (Å²) in [5, 5.41) is 7.11. The van der Waals surface area contributed by atoms with Crippen molar-refractivity contribution in [2.24, 2.45) is 5.92 Å². The molecular formula is C23H25FN4O. The highest BCUT2D eigenvalue weighted by Gasteiger charge is 2.16. The van der Waals surface area contributed by atoms with Gasteiger partial charge in [-0.1, -0.05) is 19.1 Å². The molecule has 4 rings (SSSR count). The molecule has 0 bridgehead atoms. The highest BCUT2D eigenvalue weighted by atomic mass is 19.1. The van der Waals surface area contributed by atoms with Crippen molar-refractivity contribution < 1.29 is 9.18 Å². The average Bonchev–Trinajstić information content (AvgIpc) is 3.15. The molecule has 1 aliphatic heterocycles. The molecule has 1 N–H and O–H groups in total. The molecule has 0 radical (unpaired) electrons. The van der Waals surface area contributed by atoms with E-state index in [9.17, 15) is 9.18 Å². The van der Waals surface area contributed by atoms with Gasteiger partial charge in [-0.05, 0) is 60.7 Å². The summed E-state index contributed by atoms with van der Waals surface area (Å²) in [6.45, 7) is 4.87. The summed E-state index contributed by atoms with van der Waals surface area (Å²) >= 11 is 0. The van der Waals surface area contributed by atoms with Crippen LogP contribution in [0.5, 0.6) is 0 Å². The number of hydrogen-bond donors (Lipinski definition) is 1. The molecule has 5 nitrogen and oxygen atoms in total. The third kappa shape index (κ3) is 4.83. The number of aromatic nitrogens is 2. The first-order valence-electron chi connectivity index (χ1n) is 10.00. The number of rotatable bonds is 5. The molecule has 1 aliphatic rings. The van der Waals surface area contributed by atoms with Gasteiger partial charge < -0.3 is 10.2 Å². The van der Waals surface area contributed by atoms with Crippen LogP contribution in [-0.2, 0) is 6.54 Å². The summed E-state index contributed by atoms with van der Waals surface area (Å²) in [5.41, 5.74) is 3.20. The fourth-order valence-electron chi connectivity index (χ4n) is 3.63. The van der Waals surface area contributed by atoms with E-state index in [1.807, 2.05) is 30.3 Å². The van der Waals surface area contributed by atoms with Gasteiger partial charge >= 0.3 is 0 Å². The van der Waals surface area contributed by atoms with Crippen molar-refractivity contribution in [3.05, 3.63) is 77.9 Å². The lowest BCUT2D eigenvalue weighted by molar-refractivity contribution is 0.102. The smallest absolute Gasteiger partial charge is 0.255 e. The van der Waals surface area contributed by atoms with Crippen LogP contribution in [0.4, 0.5) is 15.8 Å². The van der Waals surface area contributed by atoms with Crippen LogP contribution in [0.1, 0.15) is 35.7 Å². The van der Waals surface area contributed by atoms with Gasteiger partial charge in [0.1, 0.15) is 5.82 Å². The van der Waals surface area contributed by atoms with Crippen molar-refractivity contribution in [3.63, 3.8) is 0 Å². The Hall–Kier alpha value is -3.15. The van der Waals surface area contributed by atoms with Crippen LogP contribution in [0.3, 0.4) is 0 Å². The third-order valence-electron chi connectivity index (χ3n) is 5.40. The topological polar surface area (TPSA) is 50.2 Å². The second-order valence-corrected chi connectivity index (χ2v) is 7.73. The second-order valence-electron chi connectivity index (χ2n) is 7.73. The number of halogens is 1. The molecule has 2 aromatic carbocycles. The molecule has 0 unspecified atom stereocenters. The number of anilines is 2. The zero-order valence-corrected chi connectivity index (χ0v) is 16.5. The largest absolute Gasteiger partial charge is 0.372 e. The Bertz CT molecular complexity index is 975. The maximum Gasteiger partial charge on any atom is 0.255 e. The van der Waals surface area contributed by atoms with Crippen LogP contribution in [0, 0.1) is 11.7 Å². The minimum absolute atomic E-state index is 0.172. The quantitative estimate of drug-likeness (QED) is 0.693. The molecule has 1 fully saturated rings. The summed E-state index contributed by atoms with van der Waals surface area (Å²) in [5.74, 6) is 0.345. The van der Waals surface area contributed by atoms with Crippen LogP contribution < -0.4 is 10.2 Å². The monoisotopic (exact) mass is 392 g/mol. The first-order valence-corrected chi connectivity index (χ1v) is 10.00. The van der Waals surface area contributed by atoms with E-state index in [2.05, 4.69) is 22.2 Å². The molecule has 1 saturated heterocycles. The Morgan fingerprint density at radius 2 is 1.93 bits per heavy atom. The number of hydrogen-bond acceptors (Lipinski definition) is 3. The van der Waals surface area contributed by atoms with E-state index < -0.39 is 0 Å². The molecule has 2 heterocycles. The van der Waals surface area contributed by atoms with Gasteiger partial charge in [-0.2, -0.15) is 5.10 Å². The van der Waals surface area contributed by atoms with Gasteiger partial charge in [0, 0.05) is 30.5 Å². The van der Waals surface area contributed by atoms with E-state index in [4.69, 9.17) is 0 Å². The van der Waals surface area contributed by atoms with Gasteiger partial charge in [-0.15, -0.1) is 0 Å². The maximum atomic E-state index is 13.3. The number of piperidine rings is 1. The summed E-state index contributed by atoms with van der Waals surface area (Å²) in [6, 6.07) is 14.1. The van der Waals surface area contributed by atoms with Gasteiger partial charge in [0.2, 0.25) is 0 Å². The molecule has 29 heavy (non-hydrogen) atoms. The van der Waals surface area contributed by atoms with Crippen LogP contribution >= 0.6 is 0 Å². The Balaban J connectivity index is 1.36. The Labute approximate surface area is 170 Å². The lowest BCUT2D eigenvalue weighted by Gasteiger charge is -2.32. The highest BCUT2D eigenvalue weighted by Crippen LogP contribution is 2.23. The lowest BCUT2D eigenvalue weighted by Crippen LogP contribution is -2.32. The summed E-state index contributed by atoms with van der Waals surface area (Å²) in [4.78, 5) is 14.9. The summed E-state index contributed by atoms with van der Waals surface area (Å²) < 4.78 is 15.0. The predicted octanol–water partition coefficient (Wildman–Crippen LogP) is 4.56. The van der Waals surface area contributed by atoms with E-state index in [1.54, 1.807) is 23.1 Å². The van der Waals surface area contributed by atoms with Gasteiger partial charge in [-0.25, -0.2) is 4.39 Å². The number of nitrogens with one attached hydrogen (secondary N) is 1. The molecular weight excluding hydrogens is 367 g/mol. The van der Waals surface area contributed by atoms with Crippen molar-refractivity contribution in [2.75, 3.05) is 23.3 Å². The molecule has 150 valence electrons. The highest BCUT2D eigenvalue weighted by molar-refractivity contribution is 6.04. The number of carbonyl (C=O) groups is 1. The predicted molar refractivity (Wildman–Crippen MR) is 113 cm³/mol. The van der Waals surface area contributed by atoms with Crippen molar-refractivity contribution in [1.82, 2.24) is 9.78 Å².